The van der Waals surface area contributed by atoms with Gasteiger partial charge in [-0.3, -0.25) is 14.9 Å². The third-order valence-corrected chi connectivity index (χ3v) is 3.50. The molecule has 128 valence electrons. The number of hydrogen-bond donors (Lipinski definition) is 1. The molecule has 0 saturated heterocycles. The highest BCUT2D eigenvalue weighted by atomic mass is 19.1. The molecule has 0 radical (unpaired) electrons. The second kappa shape index (κ2) is 6.15. The maximum absolute atomic E-state index is 13.5. The van der Waals surface area contributed by atoms with Gasteiger partial charge in [-0.15, -0.1) is 10.2 Å². The first-order chi connectivity index (χ1) is 11.9. The van der Waals surface area contributed by atoms with Crippen molar-refractivity contribution < 1.29 is 9.18 Å². The van der Waals surface area contributed by atoms with E-state index >= 15 is 0 Å². The van der Waals surface area contributed by atoms with Crippen molar-refractivity contribution in [2.45, 2.75) is 0 Å². The van der Waals surface area contributed by atoms with Crippen molar-refractivity contribution in [3.8, 4) is 5.69 Å². The van der Waals surface area contributed by atoms with Gasteiger partial charge in [0.05, 0.1) is 5.69 Å². The smallest absolute Gasteiger partial charge is 0.303 e. The predicted octanol–water partition coefficient (Wildman–Crippen LogP) is 0.0561. The molecule has 25 heavy (non-hydrogen) atoms. The van der Waals surface area contributed by atoms with E-state index in [0.717, 1.165) is 21.4 Å². The summed E-state index contributed by atoms with van der Waals surface area (Å²) in [5.41, 5.74) is -1.84. The van der Waals surface area contributed by atoms with Crippen LogP contribution in [0.3, 0.4) is 0 Å². The summed E-state index contributed by atoms with van der Waals surface area (Å²) in [5.74, 6) is -1.24. The molecule has 0 fully saturated rings. The van der Waals surface area contributed by atoms with E-state index in [9.17, 15) is 18.8 Å². The van der Waals surface area contributed by atoms with Crippen LogP contribution in [-0.4, -0.2) is 29.8 Å². The van der Waals surface area contributed by atoms with Gasteiger partial charge in [0.1, 0.15) is 17.7 Å². The molecule has 1 N–H and O–H groups in total. The van der Waals surface area contributed by atoms with Crippen LogP contribution in [0, 0.1) is 5.82 Å². The fourth-order valence-electron chi connectivity index (χ4n) is 2.23. The highest BCUT2D eigenvalue weighted by molar-refractivity contribution is 6.02. The highest BCUT2D eigenvalue weighted by Crippen LogP contribution is 2.07. The van der Waals surface area contributed by atoms with Gasteiger partial charge in [-0.05, 0) is 18.2 Å². The molecule has 0 spiro atoms. The van der Waals surface area contributed by atoms with Gasteiger partial charge in [-0.2, -0.15) is 0 Å². The molecule has 2 heterocycles. The minimum atomic E-state index is -0.867. The molecule has 3 aromatic rings. The van der Waals surface area contributed by atoms with Gasteiger partial charge in [0.2, 0.25) is 5.95 Å². The maximum Gasteiger partial charge on any atom is 0.335 e. The van der Waals surface area contributed by atoms with Crippen LogP contribution in [0.25, 0.3) is 5.69 Å². The third-order valence-electron chi connectivity index (χ3n) is 3.50. The lowest BCUT2D eigenvalue weighted by atomic mass is 10.2. The number of aromatic nitrogens is 5. The number of aryl methyl sites for hydroxylation is 2. The molecule has 2 aromatic heterocycles. The fraction of sp³-hybridized carbons (Fsp3) is 0.133. The minimum Gasteiger partial charge on any atom is -0.303 e. The van der Waals surface area contributed by atoms with Crippen LogP contribution in [0.2, 0.25) is 0 Å². The summed E-state index contributed by atoms with van der Waals surface area (Å²) in [7, 11) is 3.00. The van der Waals surface area contributed by atoms with Gasteiger partial charge in [0.25, 0.3) is 11.5 Å². The molecule has 0 bridgehead atoms. The number of carbonyl (C=O) groups is 1. The number of nitrogens with one attached hydrogen (secondary N) is 1. The summed E-state index contributed by atoms with van der Waals surface area (Å²) in [6.45, 7) is 0. The van der Waals surface area contributed by atoms with Gasteiger partial charge in [0, 0.05) is 20.3 Å². The van der Waals surface area contributed by atoms with Crippen molar-refractivity contribution in [3.05, 3.63) is 69.0 Å². The van der Waals surface area contributed by atoms with E-state index in [4.69, 9.17) is 0 Å². The molecule has 0 atom stereocenters. The summed E-state index contributed by atoms with van der Waals surface area (Å²) < 4.78 is 16.7. The standard InChI is InChI=1S/C15H13FN6O3/c1-20-7-11(12(23)18-14-19-17-8-21(14)2)13(24)22(15(20)25)10-5-3-4-9(16)6-10/h3-8H,1-2H3,(H,18,19,23). The lowest BCUT2D eigenvalue weighted by Gasteiger charge is -2.10. The van der Waals surface area contributed by atoms with Crippen molar-refractivity contribution in [1.29, 1.82) is 0 Å². The molecule has 1 amide bonds. The van der Waals surface area contributed by atoms with Crippen LogP contribution < -0.4 is 16.6 Å². The highest BCUT2D eigenvalue weighted by Gasteiger charge is 2.19. The number of carbonyl (C=O) groups excluding carboxylic acids is 1. The zero-order valence-electron chi connectivity index (χ0n) is 13.3. The van der Waals surface area contributed by atoms with Gasteiger partial charge >= 0.3 is 5.69 Å². The number of benzene rings is 1. The first-order valence-electron chi connectivity index (χ1n) is 7.12. The largest absolute Gasteiger partial charge is 0.335 e. The van der Waals surface area contributed by atoms with Gasteiger partial charge in [-0.1, -0.05) is 6.07 Å². The van der Waals surface area contributed by atoms with E-state index in [0.29, 0.717) is 0 Å². The number of nitrogens with zero attached hydrogens (tertiary/aromatic N) is 5. The van der Waals surface area contributed by atoms with Crippen LogP contribution in [0.15, 0.2) is 46.4 Å². The summed E-state index contributed by atoms with van der Waals surface area (Å²) in [6.07, 6.45) is 2.49. The van der Waals surface area contributed by atoms with Crippen molar-refractivity contribution >= 4 is 11.9 Å². The molecule has 0 aliphatic rings. The molecule has 1 aromatic carbocycles. The predicted molar refractivity (Wildman–Crippen MR) is 86.2 cm³/mol. The normalized spacial score (nSPS) is 10.7. The van der Waals surface area contributed by atoms with E-state index in [1.807, 2.05) is 0 Å². The summed E-state index contributed by atoms with van der Waals surface area (Å²) in [5, 5.41) is 9.74. The lowest BCUT2D eigenvalue weighted by Crippen LogP contribution is -2.41. The van der Waals surface area contributed by atoms with E-state index in [2.05, 4.69) is 15.5 Å². The fourth-order valence-corrected chi connectivity index (χ4v) is 2.23. The van der Waals surface area contributed by atoms with Crippen LogP contribution in [0.1, 0.15) is 10.4 Å². The van der Waals surface area contributed by atoms with E-state index < -0.39 is 23.0 Å². The van der Waals surface area contributed by atoms with E-state index in [1.165, 1.54) is 36.1 Å². The first kappa shape index (κ1) is 16.3. The van der Waals surface area contributed by atoms with Crippen molar-refractivity contribution in [3.63, 3.8) is 0 Å². The van der Waals surface area contributed by atoms with Gasteiger partial charge in [0.15, 0.2) is 0 Å². The summed E-state index contributed by atoms with van der Waals surface area (Å²) in [4.78, 5) is 37.3. The third kappa shape index (κ3) is 2.96. The summed E-state index contributed by atoms with van der Waals surface area (Å²) >= 11 is 0. The molecule has 9 nitrogen and oxygen atoms in total. The molecule has 0 unspecified atom stereocenters. The molecule has 0 saturated carbocycles. The number of anilines is 1. The Morgan fingerprint density at radius 3 is 2.60 bits per heavy atom. The number of halogens is 1. The second-order valence-corrected chi connectivity index (χ2v) is 5.28. The average Bonchev–Trinajstić information content (AvgIpc) is 2.96. The van der Waals surface area contributed by atoms with Crippen LogP contribution in [-0.2, 0) is 14.1 Å². The average molecular weight is 344 g/mol. The Balaban J connectivity index is 2.13. The molecular formula is C15H13FN6O3. The van der Waals surface area contributed by atoms with Gasteiger partial charge in [-0.25, -0.2) is 13.8 Å². The topological polar surface area (TPSA) is 104 Å². The Morgan fingerprint density at radius 1 is 1.20 bits per heavy atom. The van der Waals surface area contributed by atoms with Crippen LogP contribution >= 0.6 is 0 Å². The monoisotopic (exact) mass is 344 g/mol. The Kier molecular flexibility index (Phi) is 4.01. The zero-order chi connectivity index (χ0) is 18.1. The van der Waals surface area contributed by atoms with E-state index in [-0.39, 0.29) is 17.2 Å². The molecular weight excluding hydrogens is 331 g/mol. The second-order valence-electron chi connectivity index (χ2n) is 5.28. The molecule has 0 aliphatic heterocycles. The summed E-state index contributed by atoms with van der Waals surface area (Å²) in [6, 6.07) is 4.98. The Hall–Kier alpha value is -3.56. The Labute approximate surface area is 140 Å². The Bertz CT molecular complexity index is 1080. The Morgan fingerprint density at radius 2 is 1.96 bits per heavy atom. The molecule has 0 aliphatic carbocycles. The molecule has 3 rings (SSSR count). The van der Waals surface area contributed by atoms with Crippen molar-refractivity contribution in [2.75, 3.05) is 5.32 Å². The van der Waals surface area contributed by atoms with E-state index in [1.54, 1.807) is 7.05 Å². The quantitative estimate of drug-likeness (QED) is 0.723. The lowest BCUT2D eigenvalue weighted by molar-refractivity contribution is 0.102. The van der Waals surface area contributed by atoms with Crippen molar-refractivity contribution in [1.82, 2.24) is 23.9 Å². The number of hydrogen-bond acceptors (Lipinski definition) is 5. The van der Waals surface area contributed by atoms with Crippen molar-refractivity contribution in [2.24, 2.45) is 14.1 Å². The molecule has 10 heteroatoms. The van der Waals surface area contributed by atoms with Gasteiger partial charge < -0.3 is 9.13 Å². The first-order valence-corrected chi connectivity index (χ1v) is 7.12. The number of rotatable bonds is 3. The number of amides is 1. The minimum absolute atomic E-state index is 0.0268. The van der Waals surface area contributed by atoms with Crippen LogP contribution in [0.4, 0.5) is 10.3 Å². The maximum atomic E-state index is 13.5. The van der Waals surface area contributed by atoms with Crippen LogP contribution in [0.5, 0.6) is 0 Å². The SMILES string of the molecule is Cn1cnnc1NC(=O)c1cn(C)c(=O)n(-c2cccc(F)c2)c1=O. The zero-order valence-corrected chi connectivity index (χ0v) is 13.3.